The molecule has 1 aromatic carbocycles. The first-order valence-electron chi connectivity index (χ1n) is 5.83. The van der Waals surface area contributed by atoms with Crippen LogP contribution in [0.1, 0.15) is 21.7 Å². The Morgan fingerprint density at radius 1 is 1.20 bits per heavy atom. The molecule has 0 aliphatic carbocycles. The molecule has 106 valence electrons. The Hall–Kier alpha value is -2.12. The van der Waals surface area contributed by atoms with Gasteiger partial charge >= 0.3 is 5.91 Å². The van der Waals surface area contributed by atoms with E-state index in [2.05, 4.69) is 5.43 Å². The molecule has 0 spiro atoms. The summed E-state index contributed by atoms with van der Waals surface area (Å²) in [4.78, 5) is 13.7. The third kappa shape index (κ3) is 3.06. The Kier molecular flexibility index (Phi) is 3.91. The number of nitrogens with one attached hydrogen (secondary N) is 2. The molecular formula is C13H14N2O4S. The Bertz CT molecular complexity index is 721. The summed E-state index contributed by atoms with van der Waals surface area (Å²) in [5, 5.41) is 0. The third-order valence-electron chi connectivity index (χ3n) is 2.66. The predicted molar refractivity (Wildman–Crippen MR) is 72.4 cm³/mol. The van der Waals surface area contributed by atoms with Gasteiger partial charge in [-0.05, 0) is 37.6 Å². The van der Waals surface area contributed by atoms with Gasteiger partial charge < -0.3 is 4.42 Å². The van der Waals surface area contributed by atoms with Crippen LogP contribution in [0.25, 0.3) is 0 Å². The van der Waals surface area contributed by atoms with Crippen molar-refractivity contribution >= 4 is 15.9 Å². The molecule has 0 saturated heterocycles. The number of carbonyl (C=O) groups is 1. The van der Waals surface area contributed by atoms with Crippen molar-refractivity contribution in [2.45, 2.75) is 18.7 Å². The molecule has 0 radical (unpaired) electrons. The average molecular weight is 294 g/mol. The molecule has 0 fully saturated rings. The molecule has 2 aromatic rings. The molecule has 0 atom stereocenters. The van der Waals surface area contributed by atoms with E-state index in [1.165, 1.54) is 24.5 Å². The van der Waals surface area contributed by atoms with Crippen LogP contribution in [0.2, 0.25) is 0 Å². The van der Waals surface area contributed by atoms with Crippen LogP contribution in [-0.4, -0.2) is 14.3 Å². The highest BCUT2D eigenvalue weighted by molar-refractivity contribution is 7.89. The Morgan fingerprint density at radius 2 is 1.95 bits per heavy atom. The number of hydrogen-bond acceptors (Lipinski definition) is 4. The maximum Gasteiger partial charge on any atom is 0.301 e. The maximum absolute atomic E-state index is 12.1. The van der Waals surface area contributed by atoms with Gasteiger partial charge in [0.25, 0.3) is 10.0 Å². The van der Waals surface area contributed by atoms with Gasteiger partial charge in [-0.25, -0.2) is 8.42 Å². The number of hydrogen-bond donors (Lipinski definition) is 2. The Morgan fingerprint density at radius 3 is 2.55 bits per heavy atom. The minimum atomic E-state index is -3.82. The molecule has 0 saturated carbocycles. The van der Waals surface area contributed by atoms with E-state index in [9.17, 15) is 13.2 Å². The quantitative estimate of drug-likeness (QED) is 0.837. The molecule has 6 nitrogen and oxygen atoms in total. The minimum Gasteiger partial charge on any atom is -0.459 e. The van der Waals surface area contributed by atoms with Crippen LogP contribution in [0.15, 0.2) is 45.9 Å². The lowest BCUT2D eigenvalue weighted by Crippen LogP contribution is -2.41. The van der Waals surface area contributed by atoms with E-state index in [1.54, 1.807) is 19.1 Å². The molecule has 0 bridgehead atoms. The monoisotopic (exact) mass is 294 g/mol. The van der Waals surface area contributed by atoms with Crippen LogP contribution in [-0.2, 0) is 10.0 Å². The van der Waals surface area contributed by atoms with Gasteiger partial charge in [0, 0.05) is 0 Å². The third-order valence-corrected chi connectivity index (χ3v) is 4.07. The first-order valence-corrected chi connectivity index (χ1v) is 7.31. The van der Waals surface area contributed by atoms with Crippen molar-refractivity contribution in [3.63, 3.8) is 0 Å². The number of carbonyl (C=O) groups excluding carboxylic acids is 1. The summed E-state index contributed by atoms with van der Waals surface area (Å²) in [6.07, 6.45) is 1.33. The van der Waals surface area contributed by atoms with Gasteiger partial charge in [0.2, 0.25) is 0 Å². The van der Waals surface area contributed by atoms with Crippen molar-refractivity contribution < 1.29 is 17.6 Å². The molecule has 1 amide bonds. The van der Waals surface area contributed by atoms with Gasteiger partial charge in [-0.2, -0.15) is 0 Å². The second kappa shape index (κ2) is 5.48. The van der Waals surface area contributed by atoms with Gasteiger partial charge in [0.15, 0.2) is 5.76 Å². The van der Waals surface area contributed by atoms with Crippen LogP contribution in [0.5, 0.6) is 0 Å². The largest absolute Gasteiger partial charge is 0.459 e. The van der Waals surface area contributed by atoms with Crippen LogP contribution in [0.3, 0.4) is 0 Å². The average Bonchev–Trinajstić information content (AvgIpc) is 2.89. The number of sulfonamides is 1. The standard InChI is InChI=1S/C13H14N2O4S/c1-9-5-6-12(10(2)8-9)20(17,18)15-14-13(16)11-4-3-7-19-11/h3-8,15H,1-2H3,(H,14,16). The summed E-state index contributed by atoms with van der Waals surface area (Å²) in [7, 11) is -3.82. The van der Waals surface area contributed by atoms with Gasteiger partial charge in [-0.15, -0.1) is 4.83 Å². The van der Waals surface area contributed by atoms with Crippen molar-refractivity contribution in [1.29, 1.82) is 0 Å². The van der Waals surface area contributed by atoms with Crippen molar-refractivity contribution in [3.05, 3.63) is 53.5 Å². The first-order chi connectivity index (χ1) is 9.40. The van der Waals surface area contributed by atoms with E-state index >= 15 is 0 Å². The fourth-order valence-corrected chi connectivity index (χ4v) is 2.81. The smallest absolute Gasteiger partial charge is 0.301 e. The van der Waals surface area contributed by atoms with Gasteiger partial charge in [0.1, 0.15) is 0 Å². The predicted octanol–water partition coefficient (Wildman–Crippen LogP) is 1.52. The molecule has 7 heteroatoms. The van der Waals surface area contributed by atoms with Crippen LogP contribution < -0.4 is 10.3 Å². The summed E-state index contributed by atoms with van der Waals surface area (Å²) in [5.74, 6) is -0.642. The fraction of sp³-hybridized carbons (Fsp3) is 0.154. The number of amides is 1. The maximum atomic E-state index is 12.1. The normalized spacial score (nSPS) is 11.3. The highest BCUT2D eigenvalue weighted by Crippen LogP contribution is 2.15. The molecule has 1 heterocycles. The van der Waals surface area contributed by atoms with Crippen LogP contribution in [0.4, 0.5) is 0 Å². The lowest BCUT2D eigenvalue weighted by atomic mass is 10.2. The molecule has 0 unspecified atom stereocenters. The number of furan rings is 1. The lowest BCUT2D eigenvalue weighted by Gasteiger charge is -2.10. The summed E-state index contributed by atoms with van der Waals surface area (Å²) >= 11 is 0. The zero-order chi connectivity index (χ0) is 14.8. The van der Waals surface area contributed by atoms with E-state index in [0.717, 1.165) is 5.56 Å². The highest BCUT2D eigenvalue weighted by Gasteiger charge is 2.18. The summed E-state index contributed by atoms with van der Waals surface area (Å²) in [6.45, 7) is 3.56. The van der Waals surface area contributed by atoms with E-state index in [1.807, 2.05) is 11.8 Å². The summed E-state index contributed by atoms with van der Waals surface area (Å²) < 4.78 is 29.0. The SMILES string of the molecule is Cc1ccc(S(=O)(=O)NNC(=O)c2ccco2)c(C)c1. The molecule has 2 rings (SSSR count). The number of benzene rings is 1. The highest BCUT2D eigenvalue weighted by atomic mass is 32.2. The van der Waals surface area contributed by atoms with Gasteiger partial charge in [-0.1, -0.05) is 17.7 Å². The molecule has 0 aliphatic heterocycles. The van der Waals surface area contributed by atoms with Crippen molar-refractivity contribution in [2.75, 3.05) is 0 Å². The molecule has 1 aromatic heterocycles. The zero-order valence-corrected chi connectivity index (χ0v) is 11.8. The second-order valence-corrected chi connectivity index (χ2v) is 5.96. The van der Waals surface area contributed by atoms with E-state index < -0.39 is 15.9 Å². The Balaban J connectivity index is 2.14. The molecule has 20 heavy (non-hydrogen) atoms. The molecule has 2 N–H and O–H groups in total. The van der Waals surface area contributed by atoms with Gasteiger partial charge in [0.05, 0.1) is 11.2 Å². The minimum absolute atomic E-state index is 0.0216. The van der Waals surface area contributed by atoms with Crippen molar-refractivity contribution in [1.82, 2.24) is 10.3 Å². The van der Waals surface area contributed by atoms with Crippen LogP contribution in [0, 0.1) is 13.8 Å². The number of aryl methyl sites for hydroxylation is 2. The second-order valence-electron chi connectivity index (χ2n) is 4.31. The number of hydrazine groups is 1. The Labute approximate surface area is 116 Å². The van der Waals surface area contributed by atoms with E-state index in [4.69, 9.17) is 4.42 Å². The van der Waals surface area contributed by atoms with Crippen molar-refractivity contribution in [2.24, 2.45) is 0 Å². The topological polar surface area (TPSA) is 88.4 Å². The molecule has 0 aliphatic rings. The van der Waals surface area contributed by atoms with Crippen molar-refractivity contribution in [3.8, 4) is 0 Å². The van der Waals surface area contributed by atoms with Gasteiger partial charge in [-0.3, -0.25) is 10.2 Å². The van der Waals surface area contributed by atoms with E-state index in [-0.39, 0.29) is 10.7 Å². The number of rotatable bonds is 4. The lowest BCUT2D eigenvalue weighted by molar-refractivity contribution is 0.0917. The summed E-state index contributed by atoms with van der Waals surface area (Å²) in [6, 6.07) is 7.90. The summed E-state index contributed by atoms with van der Waals surface area (Å²) in [5.41, 5.74) is 3.66. The first kappa shape index (κ1) is 14.3. The fourth-order valence-electron chi connectivity index (χ4n) is 1.74. The van der Waals surface area contributed by atoms with Crippen LogP contribution >= 0.6 is 0 Å². The van der Waals surface area contributed by atoms with E-state index in [0.29, 0.717) is 5.56 Å². The molecular weight excluding hydrogens is 280 g/mol. The zero-order valence-electron chi connectivity index (χ0n) is 11.0.